The van der Waals surface area contributed by atoms with Crippen LogP contribution < -0.4 is 0 Å². The van der Waals surface area contributed by atoms with Crippen LogP contribution in [0.5, 0.6) is 0 Å². The Morgan fingerprint density at radius 3 is 1.24 bits per heavy atom. The molecule has 0 rings (SSSR count). The van der Waals surface area contributed by atoms with Gasteiger partial charge in [0.1, 0.15) is 6.61 Å². The fourth-order valence-corrected chi connectivity index (χ4v) is 6.32. The lowest BCUT2D eigenvalue weighted by Crippen LogP contribution is -2.29. The van der Waals surface area contributed by atoms with E-state index in [0.29, 0.717) is 6.42 Å². The van der Waals surface area contributed by atoms with E-state index in [1.807, 2.05) is 0 Å². The minimum atomic E-state index is -4.75. The lowest BCUT2D eigenvalue weighted by atomic mass is 10.0. The SMILES string of the molecule is CCCCCCCC/C=C\CCCCCCCC(=O)O[C@H](COC(=O)CCCCCCCCCCCCCCCCCC)COP(=O)(O)O. The van der Waals surface area contributed by atoms with E-state index in [2.05, 4.69) is 30.5 Å². The van der Waals surface area contributed by atoms with E-state index in [9.17, 15) is 14.2 Å². The maximum Gasteiger partial charge on any atom is 0.469 e. The Morgan fingerprint density at radius 2 is 0.857 bits per heavy atom. The van der Waals surface area contributed by atoms with Crippen molar-refractivity contribution in [1.29, 1.82) is 0 Å². The van der Waals surface area contributed by atoms with Crippen LogP contribution in [0, 0.1) is 0 Å². The molecule has 0 aliphatic heterocycles. The lowest BCUT2D eigenvalue weighted by Gasteiger charge is -2.18. The van der Waals surface area contributed by atoms with E-state index in [4.69, 9.17) is 19.3 Å². The largest absolute Gasteiger partial charge is 0.469 e. The number of hydrogen-bond donors (Lipinski definition) is 2. The quantitative estimate of drug-likeness (QED) is 0.0280. The molecule has 0 aromatic heterocycles. The van der Waals surface area contributed by atoms with Gasteiger partial charge in [0.2, 0.25) is 0 Å². The molecule has 8 nitrogen and oxygen atoms in total. The Balaban J connectivity index is 3.91. The second kappa shape index (κ2) is 36.6. The molecular weight excluding hydrogens is 639 g/mol. The summed E-state index contributed by atoms with van der Waals surface area (Å²) < 4.78 is 26.4. The maximum atomic E-state index is 12.4. The van der Waals surface area contributed by atoms with Crippen molar-refractivity contribution < 1.29 is 37.9 Å². The Bertz CT molecular complexity index is 812. The molecule has 0 amide bonds. The number of phosphoric ester groups is 1. The Kier molecular flexibility index (Phi) is 35.7. The Morgan fingerprint density at radius 1 is 0.510 bits per heavy atom. The average molecular weight is 717 g/mol. The molecule has 0 aliphatic carbocycles. The summed E-state index contributed by atoms with van der Waals surface area (Å²) in [5.74, 6) is -0.884. The van der Waals surface area contributed by atoms with Crippen LogP contribution in [0.25, 0.3) is 0 Å². The van der Waals surface area contributed by atoms with Gasteiger partial charge in [0, 0.05) is 12.8 Å². The second-order valence-electron chi connectivity index (χ2n) is 14.0. The topological polar surface area (TPSA) is 119 Å². The standard InChI is InChI=1S/C40H77O8P/c1-3-5-7-9-11-13-15-17-19-21-22-24-26-28-30-32-34-39(41)46-36-38(37-47-49(43,44)45)48-40(42)35-33-31-29-27-25-23-20-18-16-14-12-10-8-6-4-2/h18,20,38H,3-17,19,21-37H2,1-2H3,(H2,43,44,45)/b20-18-/t38-/m1/s1. The third-order valence-corrected chi connectivity index (χ3v) is 9.52. The van der Waals surface area contributed by atoms with Crippen molar-refractivity contribution in [1.82, 2.24) is 0 Å². The Hall–Kier alpha value is -1.21. The fourth-order valence-electron chi connectivity index (χ4n) is 5.96. The van der Waals surface area contributed by atoms with Crippen molar-refractivity contribution in [3.05, 3.63) is 12.2 Å². The van der Waals surface area contributed by atoms with Crippen LogP contribution >= 0.6 is 7.82 Å². The molecule has 0 unspecified atom stereocenters. The number of allylic oxidation sites excluding steroid dienone is 2. The number of hydrogen-bond acceptors (Lipinski definition) is 6. The molecule has 0 aromatic carbocycles. The van der Waals surface area contributed by atoms with Gasteiger partial charge in [-0.25, -0.2) is 4.57 Å². The summed E-state index contributed by atoms with van der Waals surface area (Å²) in [7, 11) is -4.75. The van der Waals surface area contributed by atoms with E-state index < -0.39 is 32.5 Å². The molecular formula is C40H77O8P. The smallest absolute Gasteiger partial charge is 0.462 e. The molecule has 0 radical (unpaired) electrons. The summed E-state index contributed by atoms with van der Waals surface area (Å²) in [4.78, 5) is 42.8. The van der Waals surface area contributed by atoms with Crippen molar-refractivity contribution in [3.63, 3.8) is 0 Å². The summed E-state index contributed by atoms with van der Waals surface area (Å²) in [5, 5.41) is 0. The summed E-state index contributed by atoms with van der Waals surface area (Å²) >= 11 is 0. The van der Waals surface area contributed by atoms with E-state index in [1.165, 1.54) is 128 Å². The summed E-state index contributed by atoms with van der Waals surface area (Å²) in [5.41, 5.74) is 0. The number of unbranched alkanes of at least 4 members (excludes halogenated alkanes) is 26. The first kappa shape index (κ1) is 47.8. The van der Waals surface area contributed by atoms with Crippen LogP contribution in [0.2, 0.25) is 0 Å². The van der Waals surface area contributed by atoms with Gasteiger partial charge in [-0.3, -0.25) is 14.1 Å². The van der Waals surface area contributed by atoms with Crippen LogP contribution in [0.3, 0.4) is 0 Å². The second-order valence-corrected chi connectivity index (χ2v) is 15.2. The summed E-state index contributed by atoms with van der Waals surface area (Å²) in [6, 6.07) is 0. The molecule has 0 spiro atoms. The van der Waals surface area contributed by atoms with Crippen LogP contribution in [0.15, 0.2) is 12.2 Å². The first-order valence-corrected chi connectivity index (χ1v) is 22.0. The highest BCUT2D eigenvalue weighted by molar-refractivity contribution is 7.46. The summed E-state index contributed by atoms with van der Waals surface area (Å²) in [6.07, 6.45) is 39.3. The highest BCUT2D eigenvalue weighted by Crippen LogP contribution is 2.36. The minimum Gasteiger partial charge on any atom is -0.462 e. The zero-order valence-corrected chi connectivity index (χ0v) is 32.8. The minimum absolute atomic E-state index is 0.206. The fraction of sp³-hybridized carbons (Fsp3) is 0.900. The van der Waals surface area contributed by atoms with E-state index >= 15 is 0 Å². The number of ether oxygens (including phenoxy) is 2. The number of carbonyl (C=O) groups excluding carboxylic acids is 2. The van der Waals surface area contributed by atoms with Gasteiger partial charge in [-0.15, -0.1) is 0 Å². The number of phosphoric acid groups is 1. The van der Waals surface area contributed by atoms with Crippen LogP contribution in [0.1, 0.15) is 213 Å². The zero-order valence-electron chi connectivity index (χ0n) is 31.9. The normalized spacial score (nSPS) is 12.5. The van der Waals surface area contributed by atoms with Gasteiger partial charge in [-0.2, -0.15) is 0 Å². The molecule has 0 aliphatic rings. The van der Waals surface area contributed by atoms with Gasteiger partial charge < -0.3 is 19.3 Å². The highest BCUT2D eigenvalue weighted by atomic mass is 31.2. The molecule has 1 atom stereocenters. The predicted octanol–water partition coefficient (Wildman–Crippen LogP) is 12.2. The third-order valence-electron chi connectivity index (χ3n) is 9.03. The van der Waals surface area contributed by atoms with Gasteiger partial charge in [0.05, 0.1) is 6.61 Å². The molecule has 9 heteroatoms. The van der Waals surface area contributed by atoms with Crippen LogP contribution in [-0.2, 0) is 28.2 Å². The maximum absolute atomic E-state index is 12.4. The number of carbonyl (C=O) groups is 2. The van der Waals surface area contributed by atoms with E-state index in [1.54, 1.807) is 0 Å². The van der Waals surface area contributed by atoms with Crippen molar-refractivity contribution in [2.24, 2.45) is 0 Å². The number of esters is 2. The summed E-state index contributed by atoms with van der Waals surface area (Å²) in [6.45, 7) is 3.69. The van der Waals surface area contributed by atoms with E-state index in [-0.39, 0.29) is 19.4 Å². The van der Waals surface area contributed by atoms with E-state index in [0.717, 1.165) is 51.4 Å². The van der Waals surface area contributed by atoms with Crippen molar-refractivity contribution in [2.45, 2.75) is 219 Å². The zero-order chi connectivity index (χ0) is 36.1. The van der Waals surface area contributed by atoms with Crippen LogP contribution in [0.4, 0.5) is 0 Å². The number of rotatable bonds is 38. The van der Waals surface area contributed by atoms with Crippen LogP contribution in [-0.4, -0.2) is 41.0 Å². The van der Waals surface area contributed by atoms with Crippen molar-refractivity contribution >= 4 is 19.8 Å². The molecule has 0 saturated carbocycles. The van der Waals surface area contributed by atoms with Gasteiger partial charge >= 0.3 is 19.8 Å². The van der Waals surface area contributed by atoms with Gasteiger partial charge in [-0.05, 0) is 38.5 Å². The first-order chi connectivity index (χ1) is 23.8. The van der Waals surface area contributed by atoms with Gasteiger partial charge in [0.25, 0.3) is 0 Å². The van der Waals surface area contributed by atoms with Gasteiger partial charge in [-0.1, -0.05) is 174 Å². The molecule has 0 aromatic rings. The molecule has 0 fully saturated rings. The molecule has 0 heterocycles. The monoisotopic (exact) mass is 717 g/mol. The average Bonchev–Trinajstić information content (AvgIpc) is 3.07. The first-order valence-electron chi connectivity index (χ1n) is 20.5. The molecule has 290 valence electrons. The Labute approximate surface area is 301 Å². The lowest BCUT2D eigenvalue weighted by molar-refractivity contribution is -0.161. The molecule has 0 bridgehead atoms. The van der Waals surface area contributed by atoms with Crippen molar-refractivity contribution in [2.75, 3.05) is 13.2 Å². The highest BCUT2D eigenvalue weighted by Gasteiger charge is 2.22. The predicted molar refractivity (Wildman–Crippen MR) is 202 cm³/mol. The molecule has 2 N–H and O–H groups in total. The molecule has 49 heavy (non-hydrogen) atoms. The van der Waals surface area contributed by atoms with Crippen molar-refractivity contribution in [3.8, 4) is 0 Å². The third kappa shape index (κ3) is 39.4. The molecule has 0 saturated heterocycles. The van der Waals surface area contributed by atoms with Gasteiger partial charge in [0.15, 0.2) is 6.10 Å².